The van der Waals surface area contributed by atoms with E-state index < -0.39 is 0 Å². The van der Waals surface area contributed by atoms with E-state index in [-0.39, 0.29) is 23.4 Å². The Labute approximate surface area is 91.1 Å². The lowest BCUT2D eigenvalue weighted by molar-refractivity contribution is 0.0959. The van der Waals surface area contributed by atoms with E-state index in [2.05, 4.69) is 0 Å². The minimum absolute atomic E-state index is 0.0330. The fraction of sp³-hybridized carbons (Fsp3) is 0.167. The molecule has 0 radical (unpaired) electrons. The summed E-state index contributed by atoms with van der Waals surface area (Å²) in [7, 11) is 1.79. The Hall–Kier alpha value is -2.10. The third-order valence-corrected chi connectivity index (χ3v) is 2.87. The van der Waals surface area contributed by atoms with Crippen LogP contribution in [-0.4, -0.2) is 17.0 Å². The van der Waals surface area contributed by atoms with Gasteiger partial charge in [-0.2, -0.15) is 0 Å². The number of benzene rings is 1. The molecule has 80 valence electrons. The molecule has 1 aromatic heterocycles. The van der Waals surface area contributed by atoms with E-state index in [0.29, 0.717) is 11.3 Å². The van der Waals surface area contributed by atoms with E-state index in [1.807, 2.05) is 12.1 Å². The molecule has 2 heterocycles. The van der Waals surface area contributed by atoms with Crippen molar-refractivity contribution in [3.05, 3.63) is 40.1 Å². The number of rotatable bonds is 0. The molecule has 0 saturated heterocycles. The van der Waals surface area contributed by atoms with Gasteiger partial charge in [0.05, 0.1) is 5.52 Å². The summed E-state index contributed by atoms with van der Waals surface area (Å²) in [5.41, 5.74) is 0.730. The SMILES string of the molecule is Cn1c2c(c(=O)c3ccccc31)C(=O)CO2. The average molecular weight is 215 g/mol. The van der Waals surface area contributed by atoms with E-state index in [9.17, 15) is 9.59 Å². The highest BCUT2D eigenvalue weighted by atomic mass is 16.5. The van der Waals surface area contributed by atoms with Crippen LogP contribution in [-0.2, 0) is 7.05 Å². The second kappa shape index (κ2) is 2.95. The Balaban J connectivity index is 2.59. The summed E-state index contributed by atoms with van der Waals surface area (Å²) in [6, 6.07) is 7.20. The van der Waals surface area contributed by atoms with Crippen molar-refractivity contribution in [1.29, 1.82) is 0 Å². The fourth-order valence-electron chi connectivity index (χ4n) is 2.09. The number of hydrogen-bond donors (Lipinski definition) is 0. The predicted octanol–water partition coefficient (Wildman–Crippen LogP) is 1.11. The van der Waals surface area contributed by atoms with Crippen LogP contribution in [0, 0.1) is 0 Å². The maximum Gasteiger partial charge on any atom is 0.209 e. The topological polar surface area (TPSA) is 48.3 Å². The Morgan fingerprint density at radius 1 is 1.25 bits per heavy atom. The molecule has 0 saturated carbocycles. The molecule has 3 rings (SSSR count). The Bertz CT molecular complexity index is 670. The summed E-state index contributed by atoms with van der Waals surface area (Å²) < 4.78 is 6.99. The van der Waals surface area contributed by atoms with Gasteiger partial charge in [0.2, 0.25) is 17.1 Å². The molecule has 0 N–H and O–H groups in total. The normalized spacial score (nSPS) is 13.9. The number of carbonyl (C=O) groups excluding carboxylic acids is 1. The van der Waals surface area contributed by atoms with Crippen LogP contribution in [0.1, 0.15) is 10.4 Å². The van der Waals surface area contributed by atoms with Crippen molar-refractivity contribution in [2.75, 3.05) is 6.61 Å². The van der Waals surface area contributed by atoms with Gasteiger partial charge in [0.1, 0.15) is 5.56 Å². The highest BCUT2D eigenvalue weighted by molar-refractivity contribution is 6.04. The van der Waals surface area contributed by atoms with Gasteiger partial charge in [-0.25, -0.2) is 0 Å². The summed E-state index contributed by atoms with van der Waals surface area (Å²) in [6.45, 7) is -0.0330. The van der Waals surface area contributed by atoms with Gasteiger partial charge in [-0.15, -0.1) is 0 Å². The quantitative estimate of drug-likeness (QED) is 0.661. The van der Waals surface area contributed by atoms with Crippen LogP contribution in [0.4, 0.5) is 0 Å². The Morgan fingerprint density at radius 2 is 2.00 bits per heavy atom. The molecule has 1 aliphatic heterocycles. The summed E-state index contributed by atoms with van der Waals surface area (Å²) in [5.74, 6) is 0.148. The van der Waals surface area contributed by atoms with E-state index in [1.54, 1.807) is 23.7 Å². The number of pyridine rings is 1. The van der Waals surface area contributed by atoms with Crippen LogP contribution in [0.15, 0.2) is 29.1 Å². The van der Waals surface area contributed by atoms with Crippen LogP contribution in [0.25, 0.3) is 10.9 Å². The number of Topliss-reactive ketones (excluding diaryl/α,β-unsaturated/α-hetero) is 1. The lowest BCUT2D eigenvalue weighted by Crippen LogP contribution is -2.15. The molecule has 1 aliphatic rings. The number of aromatic nitrogens is 1. The largest absolute Gasteiger partial charge is 0.470 e. The second-order valence-electron chi connectivity index (χ2n) is 3.80. The molecule has 4 heteroatoms. The van der Waals surface area contributed by atoms with Crippen molar-refractivity contribution in [3.63, 3.8) is 0 Å². The molecular formula is C12H9NO3. The van der Waals surface area contributed by atoms with Gasteiger partial charge in [0, 0.05) is 12.4 Å². The van der Waals surface area contributed by atoms with Gasteiger partial charge in [-0.3, -0.25) is 9.59 Å². The molecular weight excluding hydrogens is 206 g/mol. The first-order chi connectivity index (χ1) is 7.70. The van der Waals surface area contributed by atoms with E-state index >= 15 is 0 Å². The first-order valence-electron chi connectivity index (χ1n) is 4.98. The Morgan fingerprint density at radius 3 is 2.81 bits per heavy atom. The summed E-state index contributed by atoms with van der Waals surface area (Å²) >= 11 is 0. The smallest absolute Gasteiger partial charge is 0.209 e. The second-order valence-corrected chi connectivity index (χ2v) is 3.80. The number of ketones is 1. The number of carbonyl (C=O) groups is 1. The highest BCUT2D eigenvalue weighted by Gasteiger charge is 2.28. The number of hydrogen-bond acceptors (Lipinski definition) is 3. The van der Waals surface area contributed by atoms with E-state index in [4.69, 9.17) is 4.74 Å². The van der Waals surface area contributed by atoms with Crippen LogP contribution in [0.3, 0.4) is 0 Å². The first-order valence-corrected chi connectivity index (χ1v) is 4.98. The van der Waals surface area contributed by atoms with Crippen LogP contribution in [0.5, 0.6) is 5.88 Å². The van der Waals surface area contributed by atoms with Crippen LogP contribution in [0.2, 0.25) is 0 Å². The van der Waals surface area contributed by atoms with Gasteiger partial charge < -0.3 is 9.30 Å². The Kier molecular flexibility index (Phi) is 1.68. The zero-order valence-electron chi connectivity index (χ0n) is 8.69. The van der Waals surface area contributed by atoms with Crippen LogP contribution >= 0.6 is 0 Å². The number of ether oxygens (including phenoxy) is 1. The molecule has 0 bridgehead atoms. The van der Waals surface area contributed by atoms with Crippen molar-refractivity contribution in [2.45, 2.75) is 0 Å². The third kappa shape index (κ3) is 0.984. The lowest BCUT2D eigenvalue weighted by Gasteiger charge is -2.09. The van der Waals surface area contributed by atoms with Gasteiger partial charge in [0.15, 0.2) is 6.61 Å². The monoisotopic (exact) mass is 215 g/mol. The predicted molar refractivity (Wildman–Crippen MR) is 59.0 cm³/mol. The van der Waals surface area contributed by atoms with Gasteiger partial charge >= 0.3 is 0 Å². The lowest BCUT2D eigenvalue weighted by atomic mass is 10.1. The average Bonchev–Trinajstić information content (AvgIpc) is 2.69. The summed E-state index contributed by atoms with van der Waals surface area (Å²) in [5, 5.41) is 0.558. The third-order valence-electron chi connectivity index (χ3n) is 2.87. The molecule has 0 fully saturated rings. The van der Waals surface area contributed by atoms with Gasteiger partial charge in [-0.05, 0) is 12.1 Å². The van der Waals surface area contributed by atoms with E-state index in [1.165, 1.54) is 0 Å². The molecule has 4 nitrogen and oxygen atoms in total. The first kappa shape index (κ1) is 9.15. The van der Waals surface area contributed by atoms with Crippen LogP contribution < -0.4 is 10.2 Å². The van der Waals surface area contributed by atoms with E-state index in [0.717, 1.165) is 5.52 Å². The highest BCUT2D eigenvalue weighted by Crippen LogP contribution is 2.25. The summed E-state index contributed by atoms with van der Waals surface area (Å²) in [4.78, 5) is 23.6. The zero-order chi connectivity index (χ0) is 11.3. The van der Waals surface area contributed by atoms with Crippen molar-refractivity contribution in [2.24, 2.45) is 7.05 Å². The molecule has 1 aromatic carbocycles. The minimum atomic E-state index is -0.235. The van der Waals surface area contributed by atoms with Crippen molar-refractivity contribution >= 4 is 16.7 Å². The van der Waals surface area contributed by atoms with Crippen molar-refractivity contribution in [3.8, 4) is 5.88 Å². The number of para-hydroxylation sites is 1. The zero-order valence-corrected chi connectivity index (χ0v) is 8.69. The minimum Gasteiger partial charge on any atom is -0.470 e. The molecule has 0 spiro atoms. The standard InChI is InChI=1S/C12H9NO3/c1-13-8-5-3-2-4-7(8)11(15)10-9(14)6-16-12(10)13/h2-5H,6H2,1H3. The van der Waals surface area contributed by atoms with Crippen molar-refractivity contribution in [1.82, 2.24) is 4.57 Å². The fourth-order valence-corrected chi connectivity index (χ4v) is 2.09. The number of nitrogens with zero attached hydrogens (tertiary/aromatic N) is 1. The number of fused-ring (bicyclic) bond motifs is 2. The molecule has 0 atom stereocenters. The van der Waals surface area contributed by atoms with Gasteiger partial charge in [0.25, 0.3) is 0 Å². The molecule has 16 heavy (non-hydrogen) atoms. The maximum absolute atomic E-state index is 12.1. The molecule has 0 amide bonds. The van der Waals surface area contributed by atoms with Gasteiger partial charge in [-0.1, -0.05) is 12.1 Å². The molecule has 2 aromatic rings. The van der Waals surface area contributed by atoms with Crippen molar-refractivity contribution < 1.29 is 9.53 Å². The molecule has 0 aliphatic carbocycles. The number of aryl methyl sites for hydroxylation is 1. The maximum atomic E-state index is 12.1. The molecule has 0 unspecified atom stereocenters. The summed E-state index contributed by atoms with van der Waals surface area (Å²) in [6.07, 6.45) is 0.